The largest absolute Gasteiger partial charge is 0.377 e. The summed E-state index contributed by atoms with van der Waals surface area (Å²) in [6.07, 6.45) is 2.46. The summed E-state index contributed by atoms with van der Waals surface area (Å²) in [7, 11) is 1.57. The molecule has 0 radical (unpaired) electrons. The zero-order chi connectivity index (χ0) is 16.2. The van der Waals surface area contributed by atoms with Gasteiger partial charge in [0.1, 0.15) is 18.2 Å². The number of hydrogen-bond donors (Lipinski definition) is 1. The molecule has 8 heteroatoms. The average Bonchev–Trinajstić information content (AvgIpc) is 3.13. The summed E-state index contributed by atoms with van der Waals surface area (Å²) < 4.78 is 6.70. The molecule has 118 valence electrons. The van der Waals surface area contributed by atoms with E-state index in [2.05, 4.69) is 15.5 Å². The Balaban J connectivity index is 1.76. The molecule has 0 saturated heterocycles. The molecule has 23 heavy (non-hydrogen) atoms. The molecule has 0 aliphatic carbocycles. The van der Waals surface area contributed by atoms with Crippen molar-refractivity contribution >= 4 is 39.6 Å². The predicted molar refractivity (Wildman–Crippen MR) is 86.6 cm³/mol. The number of nitrogens with zero attached hydrogens (tertiary/aromatic N) is 3. The van der Waals surface area contributed by atoms with Crippen molar-refractivity contribution in [3.05, 3.63) is 41.0 Å². The summed E-state index contributed by atoms with van der Waals surface area (Å²) in [5.41, 5.74) is 1.40. The van der Waals surface area contributed by atoms with Gasteiger partial charge in [0, 0.05) is 29.8 Å². The predicted octanol–water partition coefficient (Wildman–Crippen LogP) is 2.09. The fraction of sp³-hybridized carbons (Fsp3) is 0.200. The van der Waals surface area contributed by atoms with E-state index in [-0.39, 0.29) is 12.5 Å². The van der Waals surface area contributed by atoms with Crippen LogP contribution in [0.15, 0.2) is 30.5 Å². The number of amides is 1. The van der Waals surface area contributed by atoms with Crippen LogP contribution in [-0.2, 0) is 22.7 Å². The number of aromatic nitrogens is 3. The van der Waals surface area contributed by atoms with Gasteiger partial charge in [0.05, 0.1) is 0 Å². The van der Waals surface area contributed by atoms with Crippen LogP contribution in [0.3, 0.4) is 0 Å². The lowest BCUT2D eigenvalue weighted by Crippen LogP contribution is -2.18. The van der Waals surface area contributed by atoms with Gasteiger partial charge < -0.3 is 9.30 Å². The van der Waals surface area contributed by atoms with Gasteiger partial charge in [0.15, 0.2) is 6.29 Å². The Hall–Kier alpha value is -2.58. The molecule has 1 aromatic carbocycles. The van der Waals surface area contributed by atoms with Crippen LogP contribution in [0.25, 0.3) is 10.9 Å². The molecule has 3 rings (SSSR count). The van der Waals surface area contributed by atoms with Crippen molar-refractivity contribution in [2.75, 3.05) is 12.4 Å². The third-order valence-electron chi connectivity index (χ3n) is 3.24. The molecular weight excluding hydrogens is 316 g/mol. The lowest BCUT2D eigenvalue weighted by molar-refractivity contribution is -0.116. The van der Waals surface area contributed by atoms with Crippen molar-refractivity contribution in [1.29, 1.82) is 0 Å². The molecule has 2 aromatic heterocycles. The molecule has 0 bridgehead atoms. The topological polar surface area (TPSA) is 86.1 Å². The molecule has 0 fully saturated rings. The van der Waals surface area contributed by atoms with Crippen molar-refractivity contribution in [1.82, 2.24) is 14.8 Å². The normalized spacial score (nSPS) is 10.8. The number of aldehydes is 1. The highest BCUT2D eigenvalue weighted by Crippen LogP contribution is 2.20. The van der Waals surface area contributed by atoms with Crippen LogP contribution in [0.1, 0.15) is 15.4 Å². The number of methoxy groups -OCH3 is 1. The maximum absolute atomic E-state index is 12.2. The van der Waals surface area contributed by atoms with Crippen molar-refractivity contribution < 1.29 is 14.3 Å². The van der Waals surface area contributed by atoms with Crippen LogP contribution in [0, 0.1) is 0 Å². The van der Waals surface area contributed by atoms with Crippen LogP contribution in [-0.4, -0.2) is 34.1 Å². The van der Waals surface area contributed by atoms with E-state index in [9.17, 15) is 9.59 Å². The lowest BCUT2D eigenvalue weighted by Gasteiger charge is -2.04. The number of nitrogens with one attached hydrogen (secondary N) is 1. The zero-order valence-corrected chi connectivity index (χ0v) is 13.2. The van der Waals surface area contributed by atoms with E-state index in [0.29, 0.717) is 22.3 Å². The van der Waals surface area contributed by atoms with Crippen molar-refractivity contribution in [2.45, 2.75) is 13.2 Å². The Morgan fingerprint density at radius 3 is 3.00 bits per heavy atom. The molecule has 0 saturated carbocycles. The first-order valence-electron chi connectivity index (χ1n) is 6.85. The van der Waals surface area contributed by atoms with Gasteiger partial charge in [-0.3, -0.25) is 14.9 Å². The third-order valence-corrected chi connectivity index (χ3v) is 4.05. The van der Waals surface area contributed by atoms with Gasteiger partial charge in [0.25, 0.3) is 0 Å². The fourth-order valence-corrected chi connectivity index (χ4v) is 3.03. The second kappa shape index (κ2) is 6.67. The lowest BCUT2D eigenvalue weighted by atomic mass is 10.2. The second-order valence-electron chi connectivity index (χ2n) is 4.83. The molecule has 1 N–H and O–H groups in total. The molecule has 0 spiro atoms. The number of benzene rings is 1. The standard InChI is InChI=1S/C15H14N4O3S/c1-22-9-14-17-18-15(23-14)16-13(21)7-19-6-10(8-20)11-4-2-3-5-12(11)19/h2-6,8H,7,9H2,1H3,(H,16,18,21). The summed E-state index contributed by atoms with van der Waals surface area (Å²) in [5.74, 6) is -0.233. The Morgan fingerprint density at radius 1 is 1.39 bits per heavy atom. The van der Waals surface area contributed by atoms with Crippen LogP contribution in [0.4, 0.5) is 5.13 Å². The van der Waals surface area contributed by atoms with Crippen LogP contribution >= 0.6 is 11.3 Å². The highest BCUT2D eigenvalue weighted by atomic mass is 32.1. The SMILES string of the molecule is COCc1nnc(NC(=O)Cn2cc(C=O)c3ccccc32)s1. The Morgan fingerprint density at radius 2 is 2.22 bits per heavy atom. The van der Waals surface area contributed by atoms with Gasteiger partial charge in [-0.15, -0.1) is 10.2 Å². The van der Waals surface area contributed by atoms with E-state index < -0.39 is 0 Å². The quantitative estimate of drug-likeness (QED) is 0.699. The van der Waals surface area contributed by atoms with Crippen molar-refractivity contribution in [2.24, 2.45) is 0 Å². The smallest absolute Gasteiger partial charge is 0.246 e. The average molecular weight is 330 g/mol. The number of fused-ring (bicyclic) bond motifs is 1. The second-order valence-corrected chi connectivity index (χ2v) is 5.89. The summed E-state index contributed by atoms with van der Waals surface area (Å²) in [6.45, 7) is 0.450. The molecule has 0 aliphatic heterocycles. The summed E-state index contributed by atoms with van der Waals surface area (Å²) in [4.78, 5) is 23.3. The molecule has 2 heterocycles. The Kier molecular flexibility index (Phi) is 4.45. The number of carbonyl (C=O) groups is 2. The zero-order valence-electron chi connectivity index (χ0n) is 12.4. The van der Waals surface area contributed by atoms with Gasteiger partial charge in [-0.05, 0) is 6.07 Å². The number of rotatable bonds is 6. The Labute approximate surface area is 135 Å². The van der Waals surface area contributed by atoms with Crippen molar-refractivity contribution in [3.63, 3.8) is 0 Å². The minimum atomic E-state index is -0.233. The number of carbonyl (C=O) groups excluding carboxylic acids is 2. The van der Waals surface area contributed by atoms with Gasteiger partial charge in [-0.1, -0.05) is 29.5 Å². The summed E-state index contributed by atoms with van der Waals surface area (Å²) in [5, 5.41) is 12.4. The molecule has 3 aromatic rings. The molecular formula is C15H14N4O3S. The number of para-hydroxylation sites is 1. The van der Waals surface area contributed by atoms with Gasteiger partial charge >= 0.3 is 0 Å². The minimum Gasteiger partial charge on any atom is -0.377 e. The first-order chi connectivity index (χ1) is 11.2. The fourth-order valence-electron chi connectivity index (χ4n) is 2.30. The Bertz CT molecular complexity index is 855. The number of hydrogen-bond acceptors (Lipinski definition) is 6. The van der Waals surface area contributed by atoms with Gasteiger partial charge in [-0.2, -0.15) is 0 Å². The summed E-state index contributed by atoms with van der Waals surface area (Å²) >= 11 is 1.27. The van der Waals surface area contributed by atoms with E-state index in [1.807, 2.05) is 24.3 Å². The van der Waals surface area contributed by atoms with Gasteiger partial charge in [-0.25, -0.2) is 0 Å². The molecule has 0 unspecified atom stereocenters. The van der Waals surface area contributed by atoms with Crippen LogP contribution in [0.2, 0.25) is 0 Å². The highest BCUT2D eigenvalue weighted by Gasteiger charge is 2.12. The molecule has 0 atom stereocenters. The van der Waals surface area contributed by atoms with Crippen molar-refractivity contribution in [3.8, 4) is 0 Å². The number of anilines is 1. The van der Waals surface area contributed by atoms with Crippen LogP contribution in [0.5, 0.6) is 0 Å². The van der Waals surface area contributed by atoms with Gasteiger partial charge in [0.2, 0.25) is 11.0 Å². The number of ether oxygens (including phenoxy) is 1. The molecule has 0 aliphatic rings. The first kappa shape index (κ1) is 15.3. The van der Waals surface area contributed by atoms with E-state index in [0.717, 1.165) is 17.2 Å². The maximum atomic E-state index is 12.2. The van der Waals surface area contributed by atoms with E-state index in [1.54, 1.807) is 17.9 Å². The van der Waals surface area contributed by atoms with E-state index >= 15 is 0 Å². The maximum Gasteiger partial charge on any atom is 0.246 e. The minimum absolute atomic E-state index is 0.0908. The van der Waals surface area contributed by atoms with E-state index in [4.69, 9.17) is 4.74 Å². The monoisotopic (exact) mass is 330 g/mol. The third kappa shape index (κ3) is 3.27. The van der Waals surface area contributed by atoms with Crippen LogP contribution < -0.4 is 5.32 Å². The van der Waals surface area contributed by atoms with E-state index in [1.165, 1.54) is 11.3 Å². The summed E-state index contributed by atoms with van der Waals surface area (Å²) in [6, 6.07) is 7.46. The highest BCUT2D eigenvalue weighted by molar-refractivity contribution is 7.15. The first-order valence-corrected chi connectivity index (χ1v) is 7.67. The molecule has 7 nitrogen and oxygen atoms in total. The molecule has 1 amide bonds.